The zero-order valence-corrected chi connectivity index (χ0v) is 14.5. The fourth-order valence-electron chi connectivity index (χ4n) is 1.98. The third-order valence-electron chi connectivity index (χ3n) is 3.52. The zero-order valence-electron chi connectivity index (χ0n) is 13.6. The Kier molecular flexibility index (Phi) is 7.72. The smallest absolute Gasteiger partial charge is 0.369 e. The number of hydrogen-bond donors (Lipinski definition) is 2. The van der Waals surface area contributed by atoms with Gasteiger partial charge in [-0.05, 0) is 25.0 Å². The van der Waals surface area contributed by atoms with Crippen LogP contribution in [0.5, 0.6) is 0 Å². The molecule has 0 aromatic heterocycles. The number of rotatable bonds is 9. The van der Waals surface area contributed by atoms with Gasteiger partial charge in [0.1, 0.15) is 0 Å². The largest absolute Gasteiger partial charge is 0.527 e. The summed E-state index contributed by atoms with van der Waals surface area (Å²) in [5.41, 5.74) is 0.605. The van der Waals surface area contributed by atoms with Crippen molar-refractivity contribution >= 4 is 19.5 Å². The minimum atomic E-state index is -4.89. The molecule has 1 rings (SSSR count). The monoisotopic (exact) mass is 345 g/mol. The van der Waals surface area contributed by atoms with Gasteiger partial charge in [-0.2, -0.15) is 0 Å². The topological polar surface area (TPSA) is 96.3 Å². The van der Waals surface area contributed by atoms with Gasteiger partial charge in [-0.1, -0.05) is 44.9 Å². The van der Waals surface area contributed by atoms with Crippen molar-refractivity contribution in [1.82, 2.24) is 0 Å². The van der Waals surface area contributed by atoms with Crippen LogP contribution in [0.4, 0.5) is 5.69 Å². The Balaban J connectivity index is 2.90. The van der Waals surface area contributed by atoms with Crippen molar-refractivity contribution in [2.45, 2.75) is 39.7 Å². The van der Waals surface area contributed by atoms with E-state index < -0.39 is 19.8 Å². The highest BCUT2D eigenvalue weighted by Gasteiger charge is 2.30. The first-order valence-corrected chi connectivity index (χ1v) is 9.07. The van der Waals surface area contributed by atoms with E-state index in [0.29, 0.717) is 18.2 Å². The molecule has 1 aromatic rings. The van der Waals surface area contributed by atoms with Gasteiger partial charge in [-0.25, -0.2) is 14.4 Å². The Morgan fingerprint density at radius 1 is 1.22 bits per heavy atom. The molecule has 23 heavy (non-hydrogen) atoms. The number of phosphoric acid groups is 1. The standard InChI is InChI=1S/C15H24NO6P/c1-4-13(5-2)11-21-16(14-9-7-6-8-10-14)12(3)15(17)22-23(18,19)20/h6-10,12-13H,4-5,11H2,1-3H3,(H2,18,19,20)/t12-/m0/s1. The van der Waals surface area contributed by atoms with E-state index in [2.05, 4.69) is 18.4 Å². The fraction of sp³-hybridized carbons (Fsp3) is 0.533. The predicted molar refractivity (Wildman–Crippen MR) is 86.5 cm³/mol. The number of hydrogen-bond acceptors (Lipinski definition) is 5. The van der Waals surface area contributed by atoms with E-state index in [4.69, 9.17) is 14.6 Å². The average Bonchev–Trinajstić information content (AvgIpc) is 2.50. The van der Waals surface area contributed by atoms with Crippen LogP contribution in [-0.4, -0.2) is 28.4 Å². The summed E-state index contributed by atoms with van der Waals surface area (Å²) in [7, 11) is -4.89. The molecule has 130 valence electrons. The molecule has 0 saturated carbocycles. The first-order valence-electron chi connectivity index (χ1n) is 7.54. The van der Waals surface area contributed by atoms with E-state index in [9.17, 15) is 9.36 Å². The highest BCUT2D eigenvalue weighted by atomic mass is 31.2. The van der Waals surface area contributed by atoms with Crippen LogP contribution in [0.25, 0.3) is 0 Å². The van der Waals surface area contributed by atoms with E-state index in [1.807, 2.05) is 6.07 Å². The molecule has 0 spiro atoms. The number of anilines is 1. The summed E-state index contributed by atoms with van der Waals surface area (Å²) in [6.07, 6.45) is 1.86. The number of phosphoric ester groups is 1. The van der Waals surface area contributed by atoms with Crippen LogP contribution in [0, 0.1) is 5.92 Å². The van der Waals surface area contributed by atoms with Crippen molar-refractivity contribution in [3.8, 4) is 0 Å². The SMILES string of the molecule is CCC(CC)CON(c1ccccc1)[C@@H](C)C(=O)OP(=O)(O)O. The molecule has 0 saturated heterocycles. The molecule has 2 N–H and O–H groups in total. The van der Waals surface area contributed by atoms with Crippen LogP contribution in [-0.2, 0) is 18.7 Å². The van der Waals surface area contributed by atoms with E-state index >= 15 is 0 Å². The second-order valence-electron chi connectivity index (χ2n) is 5.22. The minimum Gasteiger partial charge on any atom is -0.369 e. The van der Waals surface area contributed by atoms with Gasteiger partial charge in [0.2, 0.25) is 0 Å². The summed E-state index contributed by atoms with van der Waals surface area (Å²) in [6, 6.07) is 7.87. The molecule has 0 aliphatic rings. The molecule has 0 heterocycles. The molecule has 0 fully saturated rings. The van der Waals surface area contributed by atoms with Crippen LogP contribution in [0.3, 0.4) is 0 Å². The van der Waals surface area contributed by atoms with Crippen LogP contribution >= 0.6 is 7.82 Å². The van der Waals surface area contributed by atoms with Crippen molar-refractivity contribution in [3.05, 3.63) is 30.3 Å². The van der Waals surface area contributed by atoms with E-state index in [1.54, 1.807) is 24.3 Å². The maximum absolute atomic E-state index is 11.9. The molecule has 0 aliphatic carbocycles. The zero-order chi connectivity index (χ0) is 17.5. The van der Waals surface area contributed by atoms with Gasteiger partial charge in [0.05, 0.1) is 12.3 Å². The molecule has 0 amide bonds. The van der Waals surface area contributed by atoms with E-state index in [0.717, 1.165) is 12.8 Å². The van der Waals surface area contributed by atoms with Crippen molar-refractivity contribution in [2.75, 3.05) is 11.7 Å². The number of benzene rings is 1. The Morgan fingerprint density at radius 3 is 2.26 bits per heavy atom. The van der Waals surface area contributed by atoms with E-state index in [-0.39, 0.29) is 0 Å². The Hall–Kier alpha value is -1.40. The fourth-order valence-corrected chi connectivity index (χ4v) is 2.37. The molecule has 0 unspecified atom stereocenters. The first kappa shape index (κ1) is 19.6. The van der Waals surface area contributed by atoms with Gasteiger partial charge < -0.3 is 4.52 Å². The van der Waals surface area contributed by atoms with Crippen LogP contribution in [0.1, 0.15) is 33.6 Å². The first-order chi connectivity index (χ1) is 10.8. The Labute approximate surface area is 136 Å². The normalized spacial score (nSPS) is 13.0. The number of hydroxylamine groups is 1. The van der Waals surface area contributed by atoms with Crippen molar-refractivity contribution < 1.29 is 28.5 Å². The highest BCUT2D eigenvalue weighted by molar-refractivity contribution is 7.46. The van der Waals surface area contributed by atoms with Gasteiger partial charge in [0.25, 0.3) is 0 Å². The molecular weight excluding hydrogens is 321 g/mol. The summed E-state index contributed by atoms with van der Waals surface area (Å²) in [5, 5.41) is 1.33. The third kappa shape index (κ3) is 6.71. The lowest BCUT2D eigenvalue weighted by molar-refractivity contribution is -0.139. The maximum atomic E-state index is 11.9. The summed E-state index contributed by atoms with van der Waals surface area (Å²) in [5.74, 6) is -0.724. The van der Waals surface area contributed by atoms with Gasteiger partial charge >= 0.3 is 13.8 Å². The van der Waals surface area contributed by atoms with Crippen molar-refractivity contribution in [2.24, 2.45) is 5.92 Å². The second kappa shape index (κ2) is 9.03. The quantitative estimate of drug-likeness (QED) is 0.525. The molecule has 7 nitrogen and oxygen atoms in total. The number of carbonyl (C=O) groups excluding carboxylic acids is 1. The molecule has 1 atom stereocenters. The van der Waals surface area contributed by atoms with Crippen molar-refractivity contribution in [3.63, 3.8) is 0 Å². The lowest BCUT2D eigenvalue weighted by atomic mass is 10.1. The summed E-state index contributed by atoms with van der Waals surface area (Å²) >= 11 is 0. The Morgan fingerprint density at radius 2 is 1.78 bits per heavy atom. The number of nitrogens with zero attached hydrogens (tertiary/aromatic N) is 1. The second-order valence-corrected chi connectivity index (χ2v) is 6.38. The van der Waals surface area contributed by atoms with E-state index in [1.165, 1.54) is 12.0 Å². The summed E-state index contributed by atoms with van der Waals surface area (Å²) in [4.78, 5) is 35.3. The van der Waals surface area contributed by atoms with Gasteiger partial charge in [0.15, 0.2) is 6.04 Å². The van der Waals surface area contributed by atoms with Crippen molar-refractivity contribution in [1.29, 1.82) is 0 Å². The number of para-hydroxylation sites is 1. The maximum Gasteiger partial charge on any atom is 0.527 e. The lowest BCUT2D eigenvalue weighted by Crippen LogP contribution is -2.41. The average molecular weight is 345 g/mol. The molecule has 1 aromatic carbocycles. The van der Waals surface area contributed by atoms with Gasteiger partial charge in [-0.3, -0.25) is 14.6 Å². The third-order valence-corrected chi connectivity index (χ3v) is 3.93. The van der Waals surface area contributed by atoms with Gasteiger partial charge in [-0.15, -0.1) is 0 Å². The molecule has 0 bridgehead atoms. The van der Waals surface area contributed by atoms with Crippen LogP contribution in [0.2, 0.25) is 0 Å². The Bertz CT molecular complexity index is 528. The predicted octanol–water partition coefficient (Wildman–Crippen LogP) is 2.89. The number of carbonyl (C=O) groups is 1. The minimum absolute atomic E-state index is 0.325. The summed E-state index contributed by atoms with van der Waals surface area (Å²) in [6.45, 7) is 5.97. The molecular formula is C15H24NO6P. The highest BCUT2D eigenvalue weighted by Crippen LogP contribution is 2.37. The molecule has 0 aliphatic heterocycles. The molecule has 0 radical (unpaired) electrons. The van der Waals surface area contributed by atoms with Gasteiger partial charge in [0, 0.05) is 0 Å². The summed E-state index contributed by atoms with van der Waals surface area (Å²) < 4.78 is 15.0. The lowest BCUT2D eigenvalue weighted by Gasteiger charge is -2.30. The molecule has 8 heteroatoms. The van der Waals surface area contributed by atoms with Crippen LogP contribution < -0.4 is 5.06 Å². The van der Waals surface area contributed by atoms with Crippen LogP contribution in [0.15, 0.2) is 30.3 Å².